The summed E-state index contributed by atoms with van der Waals surface area (Å²) in [4.78, 5) is 15.8. The number of nitrogens with one attached hydrogen (secondary N) is 1. The topological polar surface area (TPSA) is 51.2 Å². The Morgan fingerprint density at radius 1 is 0.885 bits per heavy atom. The number of nitrogens with zero attached hydrogens (tertiary/aromatic N) is 1. The zero-order chi connectivity index (χ0) is 18.0. The van der Waals surface area contributed by atoms with Crippen LogP contribution in [-0.2, 0) is 13.0 Å². The van der Waals surface area contributed by atoms with Crippen molar-refractivity contribution in [2.75, 3.05) is 6.54 Å². The van der Waals surface area contributed by atoms with E-state index in [2.05, 4.69) is 34.6 Å². The van der Waals surface area contributed by atoms with E-state index < -0.39 is 0 Å². The molecule has 0 spiro atoms. The number of aromatic nitrogens is 1. The van der Waals surface area contributed by atoms with Gasteiger partial charge in [-0.1, -0.05) is 42.5 Å². The van der Waals surface area contributed by atoms with E-state index in [4.69, 9.17) is 4.74 Å². The van der Waals surface area contributed by atoms with Gasteiger partial charge in [0.05, 0.1) is 0 Å². The molecule has 1 N–H and O–H groups in total. The summed E-state index contributed by atoms with van der Waals surface area (Å²) in [6.45, 7) is 1.22. The number of benzene rings is 2. The second kappa shape index (κ2) is 9.37. The van der Waals surface area contributed by atoms with Gasteiger partial charge in [0.1, 0.15) is 12.4 Å². The molecule has 4 heteroatoms. The molecule has 0 fully saturated rings. The highest BCUT2D eigenvalue weighted by Crippen LogP contribution is 2.15. The molecule has 0 saturated heterocycles. The van der Waals surface area contributed by atoms with E-state index in [1.807, 2.05) is 30.3 Å². The first kappa shape index (κ1) is 17.7. The number of ether oxygens (including phenoxy) is 1. The maximum Gasteiger partial charge on any atom is 0.251 e. The molecule has 3 rings (SSSR count). The number of hydrogen-bond donors (Lipinski definition) is 1. The molecule has 1 heterocycles. The average Bonchev–Trinajstić information content (AvgIpc) is 2.72. The van der Waals surface area contributed by atoms with Crippen LogP contribution in [0.25, 0.3) is 0 Å². The Balaban J connectivity index is 1.38. The van der Waals surface area contributed by atoms with Crippen molar-refractivity contribution in [2.24, 2.45) is 0 Å². The van der Waals surface area contributed by atoms with Crippen LogP contribution >= 0.6 is 0 Å². The molecule has 0 unspecified atom stereocenters. The van der Waals surface area contributed by atoms with Crippen LogP contribution in [0.15, 0.2) is 79.1 Å². The third-order valence-corrected chi connectivity index (χ3v) is 4.04. The zero-order valence-corrected chi connectivity index (χ0v) is 14.6. The maximum atomic E-state index is 11.9. The lowest BCUT2D eigenvalue weighted by molar-refractivity contribution is 0.0953. The second-order valence-electron chi connectivity index (χ2n) is 6.01. The summed E-state index contributed by atoms with van der Waals surface area (Å²) in [5.74, 6) is 0.806. The molecule has 0 aliphatic carbocycles. The highest BCUT2D eigenvalue weighted by molar-refractivity contribution is 5.93. The molecule has 1 aromatic heterocycles. The Bertz CT molecular complexity index is 803. The van der Waals surface area contributed by atoms with E-state index in [0.717, 1.165) is 24.2 Å². The van der Waals surface area contributed by atoms with Gasteiger partial charge in [-0.3, -0.25) is 9.78 Å². The molecule has 3 aromatic rings. The van der Waals surface area contributed by atoms with Gasteiger partial charge < -0.3 is 10.1 Å². The molecule has 26 heavy (non-hydrogen) atoms. The minimum Gasteiger partial charge on any atom is -0.489 e. The fourth-order valence-corrected chi connectivity index (χ4v) is 2.59. The number of amides is 1. The summed E-state index contributed by atoms with van der Waals surface area (Å²) >= 11 is 0. The standard InChI is InChI=1S/C22H22N2O2/c25-22(20-12-15-23-16-13-20)24-14-4-7-18-8-10-21(11-9-18)26-17-19-5-2-1-3-6-19/h1-3,5-6,8-13,15-16H,4,7,14,17H2,(H,24,25). The van der Waals surface area contributed by atoms with Gasteiger partial charge in [0.2, 0.25) is 0 Å². The number of aryl methyl sites for hydroxylation is 1. The van der Waals surface area contributed by atoms with Gasteiger partial charge in [-0.05, 0) is 48.2 Å². The quantitative estimate of drug-likeness (QED) is 0.627. The van der Waals surface area contributed by atoms with E-state index in [0.29, 0.717) is 18.7 Å². The third kappa shape index (κ3) is 5.45. The van der Waals surface area contributed by atoms with E-state index in [1.54, 1.807) is 24.5 Å². The third-order valence-electron chi connectivity index (χ3n) is 4.04. The lowest BCUT2D eigenvalue weighted by atomic mass is 10.1. The minimum absolute atomic E-state index is 0.0583. The Morgan fingerprint density at radius 2 is 1.62 bits per heavy atom. The van der Waals surface area contributed by atoms with Crippen LogP contribution in [0.2, 0.25) is 0 Å². The molecule has 132 valence electrons. The van der Waals surface area contributed by atoms with E-state index in [1.165, 1.54) is 5.56 Å². The van der Waals surface area contributed by atoms with Crippen molar-refractivity contribution in [3.05, 3.63) is 95.8 Å². The van der Waals surface area contributed by atoms with Gasteiger partial charge in [-0.25, -0.2) is 0 Å². The van der Waals surface area contributed by atoms with Gasteiger partial charge in [0, 0.05) is 24.5 Å². The number of rotatable bonds is 8. The van der Waals surface area contributed by atoms with Crippen molar-refractivity contribution in [1.29, 1.82) is 0 Å². The van der Waals surface area contributed by atoms with Crippen LogP contribution in [0.3, 0.4) is 0 Å². The molecule has 1 amide bonds. The molecular weight excluding hydrogens is 324 g/mol. The molecule has 2 aromatic carbocycles. The van der Waals surface area contributed by atoms with Gasteiger partial charge in [-0.15, -0.1) is 0 Å². The fraction of sp³-hybridized carbons (Fsp3) is 0.182. The molecule has 4 nitrogen and oxygen atoms in total. The lowest BCUT2D eigenvalue weighted by Crippen LogP contribution is -2.24. The number of carbonyl (C=O) groups excluding carboxylic acids is 1. The molecule has 0 aliphatic rings. The SMILES string of the molecule is O=C(NCCCc1ccc(OCc2ccccc2)cc1)c1ccncc1. The van der Waals surface area contributed by atoms with Crippen molar-refractivity contribution in [3.8, 4) is 5.75 Å². The molecule has 0 atom stereocenters. The summed E-state index contributed by atoms with van der Waals surface area (Å²) in [6.07, 6.45) is 5.04. The largest absolute Gasteiger partial charge is 0.489 e. The normalized spacial score (nSPS) is 10.3. The van der Waals surface area contributed by atoms with Gasteiger partial charge in [-0.2, -0.15) is 0 Å². The molecule has 0 bridgehead atoms. The second-order valence-corrected chi connectivity index (χ2v) is 6.01. The van der Waals surface area contributed by atoms with Crippen molar-refractivity contribution < 1.29 is 9.53 Å². The Morgan fingerprint density at radius 3 is 2.35 bits per heavy atom. The summed E-state index contributed by atoms with van der Waals surface area (Å²) in [5, 5.41) is 2.93. The maximum absolute atomic E-state index is 11.9. The number of hydrogen-bond acceptors (Lipinski definition) is 3. The zero-order valence-electron chi connectivity index (χ0n) is 14.6. The number of carbonyl (C=O) groups is 1. The van der Waals surface area contributed by atoms with Crippen molar-refractivity contribution >= 4 is 5.91 Å². The van der Waals surface area contributed by atoms with E-state index >= 15 is 0 Å². The van der Waals surface area contributed by atoms with Crippen LogP contribution in [0.5, 0.6) is 5.75 Å². The highest BCUT2D eigenvalue weighted by Gasteiger charge is 2.03. The first-order valence-electron chi connectivity index (χ1n) is 8.75. The first-order valence-corrected chi connectivity index (χ1v) is 8.75. The van der Waals surface area contributed by atoms with Crippen molar-refractivity contribution in [1.82, 2.24) is 10.3 Å². The first-order chi connectivity index (χ1) is 12.8. The van der Waals surface area contributed by atoms with Crippen LogP contribution in [0, 0.1) is 0 Å². The number of pyridine rings is 1. The Hall–Kier alpha value is -3.14. The van der Waals surface area contributed by atoms with Crippen LogP contribution in [-0.4, -0.2) is 17.4 Å². The van der Waals surface area contributed by atoms with E-state index in [-0.39, 0.29) is 5.91 Å². The predicted octanol–water partition coefficient (Wildman–Crippen LogP) is 4.02. The van der Waals surface area contributed by atoms with E-state index in [9.17, 15) is 4.79 Å². The summed E-state index contributed by atoms with van der Waals surface area (Å²) in [6, 6.07) is 21.7. The Labute approximate surface area is 153 Å². The smallest absolute Gasteiger partial charge is 0.251 e. The van der Waals surface area contributed by atoms with Crippen LogP contribution in [0.4, 0.5) is 0 Å². The highest BCUT2D eigenvalue weighted by atomic mass is 16.5. The van der Waals surface area contributed by atoms with Crippen LogP contribution in [0.1, 0.15) is 27.9 Å². The van der Waals surface area contributed by atoms with Crippen LogP contribution < -0.4 is 10.1 Å². The summed E-state index contributed by atoms with van der Waals surface area (Å²) in [7, 11) is 0. The average molecular weight is 346 g/mol. The monoisotopic (exact) mass is 346 g/mol. The predicted molar refractivity (Wildman–Crippen MR) is 102 cm³/mol. The molecule has 0 aliphatic heterocycles. The Kier molecular flexibility index (Phi) is 6.37. The summed E-state index contributed by atoms with van der Waals surface area (Å²) in [5.41, 5.74) is 3.02. The molecule has 0 saturated carbocycles. The fourth-order valence-electron chi connectivity index (χ4n) is 2.59. The van der Waals surface area contributed by atoms with Crippen molar-refractivity contribution in [3.63, 3.8) is 0 Å². The molecule has 0 radical (unpaired) electrons. The van der Waals surface area contributed by atoms with Gasteiger partial charge in [0.25, 0.3) is 5.91 Å². The van der Waals surface area contributed by atoms with Gasteiger partial charge >= 0.3 is 0 Å². The van der Waals surface area contributed by atoms with Gasteiger partial charge in [0.15, 0.2) is 0 Å². The lowest BCUT2D eigenvalue weighted by Gasteiger charge is -2.08. The summed E-state index contributed by atoms with van der Waals surface area (Å²) < 4.78 is 5.79. The van der Waals surface area contributed by atoms with Crippen molar-refractivity contribution in [2.45, 2.75) is 19.4 Å². The minimum atomic E-state index is -0.0583. The molecular formula is C22H22N2O2.